The third-order valence-corrected chi connectivity index (χ3v) is 7.94. The van der Waals surface area contributed by atoms with Crippen LogP contribution in [0.5, 0.6) is 6.01 Å². The lowest BCUT2D eigenvalue weighted by Crippen LogP contribution is -2.29. The van der Waals surface area contributed by atoms with Crippen LogP contribution in [-0.2, 0) is 32.8 Å². The number of fused-ring (bicyclic) bond motifs is 3. The van der Waals surface area contributed by atoms with Gasteiger partial charge in [0.05, 0.1) is 13.1 Å². The SMILES string of the molecule is [C-]#[N+]/C(=C\c1cc2c(o1)-c1ccc(N(C)CCOC(=O)NCc3ccc(COc4nccc(N)n4)cc3)cc1C2(C)C)C(=O)OC(C)(C)C. The van der Waals surface area contributed by atoms with Crippen molar-refractivity contribution >= 4 is 29.6 Å². The number of hydrogen-bond acceptors (Lipinski definition) is 10. The molecule has 0 saturated carbocycles. The average Bonchev–Trinajstić information content (AvgIpc) is 3.57. The summed E-state index contributed by atoms with van der Waals surface area (Å²) in [7, 11) is 1.94. The Morgan fingerprint density at radius 1 is 1.08 bits per heavy atom. The van der Waals surface area contributed by atoms with Crippen LogP contribution in [-0.4, -0.2) is 47.8 Å². The summed E-state index contributed by atoms with van der Waals surface area (Å²) in [5, 5.41) is 2.78. The largest absolute Gasteiger partial charge is 0.465 e. The van der Waals surface area contributed by atoms with Crippen molar-refractivity contribution in [3.8, 4) is 17.3 Å². The quantitative estimate of drug-likeness (QED) is 0.103. The highest BCUT2D eigenvalue weighted by Crippen LogP contribution is 2.51. The number of carbonyl (C=O) groups is 2. The van der Waals surface area contributed by atoms with Gasteiger partial charge in [0.2, 0.25) is 0 Å². The summed E-state index contributed by atoms with van der Waals surface area (Å²) in [6.45, 7) is 18.2. The number of rotatable bonds is 11. The van der Waals surface area contributed by atoms with E-state index in [1.165, 1.54) is 12.3 Å². The number of anilines is 2. The van der Waals surface area contributed by atoms with Crippen LogP contribution in [0.3, 0.4) is 0 Å². The molecule has 0 fully saturated rings. The summed E-state index contributed by atoms with van der Waals surface area (Å²) in [4.78, 5) is 38.3. The Morgan fingerprint density at radius 2 is 1.82 bits per heavy atom. The van der Waals surface area contributed by atoms with Gasteiger partial charge in [-0.15, -0.1) is 0 Å². The molecule has 0 saturated heterocycles. The van der Waals surface area contributed by atoms with Crippen LogP contribution in [0.2, 0.25) is 0 Å². The minimum absolute atomic E-state index is 0.143. The molecular weight excluding hydrogens is 624 g/mol. The lowest BCUT2D eigenvalue weighted by molar-refractivity contribution is -0.149. The first-order valence-corrected chi connectivity index (χ1v) is 15.8. The molecule has 2 heterocycles. The van der Waals surface area contributed by atoms with E-state index in [1.807, 2.05) is 54.4 Å². The van der Waals surface area contributed by atoms with E-state index in [-0.39, 0.29) is 23.7 Å². The molecule has 2 aromatic carbocycles. The van der Waals surface area contributed by atoms with Gasteiger partial charge in [-0.3, -0.25) is 4.79 Å². The summed E-state index contributed by atoms with van der Waals surface area (Å²) in [6, 6.07) is 17.4. The fraction of sp³-hybridized carbons (Fsp3) is 0.324. The van der Waals surface area contributed by atoms with Crippen LogP contribution in [0.25, 0.3) is 22.2 Å². The molecule has 5 rings (SSSR count). The molecular formula is C37H40N6O6. The second-order valence-corrected chi connectivity index (χ2v) is 13.2. The fourth-order valence-electron chi connectivity index (χ4n) is 5.33. The van der Waals surface area contributed by atoms with Crippen LogP contribution < -0.4 is 20.7 Å². The van der Waals surface area contributed by atoms with E-state index in [1.54, 1.807) is 26.8 Å². The Balaban J connectivity index is 1.12. The Morgan fingerprint density at radius 3 is 2.51 bits per heavy atom. The van der Waals surface area contributed by atoms with Gasteiger partial charge in [0, 0.05) is 42.0 Å². The molecule has 4 aromatic rings. The van der Waals surface area contributed by atoms with Gasteiger partial charge < -0.3 is 34.6 Å². The predicted octanol–water partition coefficient (Wildman–Crippen LogP) is 6.50. The van der Waals surface area contributed by atoms with E-state index < -0.39 is 17.7 Å². The molecule has 0 radical (unpaired) electrons. The zero-order chi connectivity index (χ0) is 35.3. The first-order valence-electron chi connectivity index (χ1n) is 15.8. The van der Waals surface area contributed by atoms with Gasteiger partial charge in [0.25, 0.3) is 5.70 Å². The van der Waals surface area contributed by atoms with Crippen LogP contribution in [0.4, 0.5) is 16.3 Å². The number of esters is 1. The number of nitrogens with one attached hydrogen (secondary N) is 1. The van der Waals surface area contributed by atoms with Gasteiger partial charge >= 0.3 is 18.1 Å². The summed E-state index contributed by atoms with van der Waals surface area (Å²) in [5.74, 6) is 0.786. The number of amides is 1. The fourth-order valence-corrected chi connectivity index (χ4v) is 5.33. The van der Waals surface area contributed by atoms with Gasteiger partial charge in [-0.2, -0.15) is 4.98 Å². The Labute approximate surface area is 285 Å². The lowest BCUT2D eigenvalue weighted by atomic mass is 9.82. The third-order valence-electron chi connectivity index (χ3n) is 7.94. The molecule has 0 spiro atoms. The molecule has 0 unspecified atom stereocenters. The first-order chi connectivity index (χ1) is 23.2. The number of furan rings is 1. The zero-order valence-corrected chi connectivity index (χ0v) is 28.5. The molecule has 1 aliphatic carbocycles. The average molecular weight is 665 g/mol. The zero-order valence-electron chi connectivity index (χ0n) is 28.5. The number of nitrogen functional groups attached to an aromatic ring is 1. The topological polar surface area (TPSA) is 146 Å². The standard InChI is InChI=1S/C37H40N6O6/c1-36(2,3)49-33(44)30(39-6)20-26-19-29-32(48-26)27-13-12-25(18-28(27)37(29,4)5)43(7)16-17-46-35(45)41-21-23-8-10-24(11-9-23)22-47-34-40-15-14-31(38)42-34/h8-15,18-20H,16-17,21-22H2,1-5,7H3,(H,41,45)(H2,38,40,42)/b30-20-. The highest BCUT2D eigenvalue weighted by Gasteiger charge is 2.39. The molecule has 3 N–H and O–H groups in total. The number of likely N-dealkylation sites (N-methyl/N-ethyl adjacent to an activating group) is 1. The summed E-state index contributed by atoms with van der Waals surface area (Å²) in [6.07, 6.45) is 2.47. The summed E-state index contributed by atoms with van der Waals surface area (Å²) >= 11 is 0. The molecule has 1 amide bonds. The Bertz CT molecular complexity index is 1920. The molecule has 0 bridgehead atoms. The summed E-state index contributed by atoms with van der Waals surface area (Å²) < 4.78 is 22.5. The van der Waals surface area contributed by atoms with E-state index in [4.69, 9.17) is 30.9 Å². The maximum Gasteiger partial charge on any atom is 0.407 e. The molecule has 1 aliphatic rings. The van der Waals surface area contributed by atoms with Gasteiger partial charge in [0.15, 0.2) is 0 Å². The number of aromatic nitrogens is 2. The minimum Gasteiger partial charge on any atom is -0.465 e. The van der Waals surface area contributed by atoms with Gasteiger partial charge in [-0.25, -0.2) is 14.6 Å². The molecule has 0 aliphatic heterocycles. The van der Waals surface area contributed by atoms with E-state index in [0.717, 1.165) is 33.5 Å². The maximum atomic E-state index is 12.5. The molecule has 0 atom stereocenters. The molecule has 12 heteroatoms. The van der Waals surface area contributed by atoms with Crippen molar-refractivity contribution in [1.29, 1.82) is 0 Å². The second-order valence-electron chi connectivity index (χ2n) is 13.2. The van der Waals surface area contributed by atoms with E-state index in [9.17, 15) is 9.59 Å². The third kappa shape index (κ3) is 8.37. The predicted molar refractivity (Wildman–Crippen MR) is 185 cm³/mol. The molecule has 2 aromatic heterocycles. The van der Waals surface area contributed by atoms with Crippen molar-refractivity contribution in [3.63, 3.8) is 0 Å². The Kier molecular flexibility index (Phi) is 9.94. The number of carbonyl (C=O) groups excluding carboxylic acids is 2. The van der Waals surface area contributed by atoms with E-state index >= 15 is 0 Å². The van der Waals surface area contributed by atoms with Gasteiger partial charge in [-0.1, -0.05) is 38.1 Å². The highest BCUT2D eigenvalue weighted by molar-refractivity contribution is 5.95. The van der Waals surface area contributed by atoms with Crippen molar-refractivity contribution < 1.29 is 28.2 Å². The van der Waals surface area contributed by atoms with E-state index in [0.29, 0.717) is 37.0 Å². The second kappa shape index (κ2) is 14.1. The van der Waals surface area contributed by atoms with Crippen molar-refractivity contribution in [3.05, 3.63) is 106 Å². The van der Waals surface area contributed by atoms with Gasteiger partial charge in [-0.05, 0) is 73.9 Å². The smallest absolute Gasteiger partial charge is 0.407 e. The van der Waals surface area contributed by atoms with Crippen LogP contribution >= 0.6 is 0 Å². The number of hydrogen-bond donors (Lipinski definition) is 2. The maximum absolute atomic E-state index is 12.5. The number of nitrogens with zero attached hydrogens (tertiary/aromatic N) is 4. The molecule has 49 heavy (non-hydrogen) atoms. The number of alkyl carbamates (subject to hydrolysis) is 1. The monoisotopic (exact) mass is 664 g/mol. The van der Waals surface area contributed by atoms with Crippen molar-refractivity contribution in [1.82, 2.24) is 15.3 Å². The summed E-state index contributed by atoms with van der Waals surface area (Å²) in [5.41, 5.74) is 10.2. The highest BCUT2D eigenvalue weighted by atomic mass is 16.6. The van der Waals surface area contributed by atoms with Crippen LogP contribution in [0.1, 0.15) is 62.6 Å². The normalized spacial score (nSPS) is 13.1. The number of ether oxygens (including phenoxy) is 3. The minimum atomic E-state index is -0.710. The molecule has 12 nitrogen and oxygen atoms in total. The van der Waals surface area contributed by atoms with E-state index in [2.05, 4.69) is 40.0 Å². The first kappa shape index (κ1) is 34.5. The van der Waals surface area contributed by atoms with Gasteiger partial charge in [0.1, 0.15) is 36.2 Å². The Hall–Kier alpha value is -5.83. The van der Waals surface area contributed by atoms with Crippen molar-refractivity contribution in [2.24, 2.45) is 0 Å². The lowest BCUT2D eigenvalue weighted by Gasteiger charge is -2.24. The van der Waals surface area contributed by atoms with Crippen LogP contribution in [0, 0.1) is 6.57 Å². The number of nitrogens with two attached hydrogens (primary N) is 1. The van der Waals surface area contributed by atoms with Crippen molar-refractivity contribution in [2.75, 3.05) is 30.8 Å². The number of benzene rings is 2. The van der Waals surface area contributed by atoms with Crippen molar-refractivity contribution in [2.45, 2.75) is 58.8 Å². The van der Waals surface area contributed by atoms with Crippen LogP contribution in [0.15, 0.2) is 70.9 Å². The molecule has 254 valence electrons.